The smallest absolute Gasteiger partial charge is 0.264 e. The van der Waals surface area contributed by atoms with Gasteiger partial charge in [0.25, 0.3) is 5.78 Å². The summed E-state index contributed by atoms with van der Waals surface area (Å²) in [7, 11) is 2.03. The highest BCUT2D eigenvalue weighted by atomic mass is 32.2. The minimum atomic E-state index is -2.18. The number of alkyl halides is 1. The summed E-state index contributed by atoms with van der Waals surface area (Å²) in [5.41, 5.74) is 0.394. The van der Waals surface area contributed by atoms with Crippen LogP contribution < -0.4 is 0 Å². The molecular formula is C21H25F3N4O3S. The Morgan fingerprint density at radius 3 is 2.62 bits per heavy atom. The Morgan fingerprint density at radius 2 is 1.88 bits per heavy atom. The van der Waals surface area contributed by atoms with Gasteiger partial charge in [0.05, 0.1) is 17.7 Å². The fourth-order valence-corrected chi connectivity index (χ4v) is 7.50. The van der Waals surface area contributed by atoms with E-state index in [1.807, 2.05) is 7.05 Å². The van der Waals surface area contributed by atoms with Crippen LogP contribution in [0.1, 0.15) is 25.7 Å². The summed E-state index contributed by atoms with van der Waals surface area (Å²) >= 11 is -2.18. The average Bonchev–Trinajstić information content (AvgIpc) is 3.06. The van der Waals surface area contributed by atoms with E-state index in [0.717, 1.165) is 13.1 Å². The maximum Gasteiger partial charge on any atom is 0.264 e. The van der Waals surface area contributed by atoms with Gasteiger partial charge in [0.15, 0.2) is 18.0 Å². The van der Waals surface area contributed by atoms with Gasteiger partial charge in [0.1, 0.15) is 16.0 Å². The standard InChI is InChI=1S/C21H25F3N4O3S/c1-26-4-6-27(7-5-26)13-9-10-8-11-20(23)25-32(24)21(11)28-12-2-3-14(29)17(30)18(12)31-19(15(13)22)16(10)28/h10-11,13,15-16,19H,2-9H2,1H3. The lowest BCUT2D eigenvalue weighted by atomic mass is 9.69. The second-order valence-corrected chi connectivity index (χ2v) is 10.7. The first-order chi connectivity index (χ1) is 15.3. The van der Waals surface area contributed by atoms with Gasteiger partial charge in [-0.1, -0.05) is 0 Å². The highest BCUT2D eigenvalue weighted by molar-refractivity contribution is 8.10. The maximum atomic E-state index is 16.0. The highest BCUT2D eigenvalue weighted by Gasteiger charge is 2.60. The Morgan fingerprint density at radius 1 is 1.12 bits per heavy atom. The maximum absolute atomic E-state index is 16.0. The lowest BCUT2D eigenvalue weighted by molar-refractivity contribution is -0.147. The van der Waals surface area contributed by atoms with Crippen LogP contribution in [-0.4, -0.2) is 94.8 Å². The number of piperidine rings is 1. The number of carbonyl (C=O) groups is 2. The van der Waals surface area contributed by atoms with Gasteiger partial charge in [-0.2, -0.15) is 8.79 Å². The van der Waals surface area contributed by atoms with Crippen LogP contribution in [0.3, 0.4) is 0 Å². The van der Waals surface area contributed by atoms with Crippen LogP contribution in [0.25, 0.3) is 0 Å². The van der Waals surface area contributed by atoms with E-state index in [1.54, 1.807) is 4.90 Å². The molecule has 0 aromatic heterocycles. The molecule has 7 nitrogen and oxygen atoms in total. The summed E-state index contributed by atoms with van der Waals surface area (Å²) in [6.07, 6.45) is -1.37. The van der Waals surface area contributed by atoms with Crippen LogP contribution >= 0.6 is 11.1 Å². The molecule has 0 aromatic carbocycles. The Labute approximate surface area is 186 Å². The molecule has 0 radical (unpaired) electrons. The van der Waals surface area contributed by atoms with Gasteiger partial charge < -0.3 is 14.5 Å². The number of Topliss-reactive ketones (excluding diaryl/α,β-unsaturated/α-hetero) is 2. The summed E-state index contributed by atoms with van der Waals surface area (Å²) < 4.78 is 55.1. The third-order valence-electron chi connectivity index (χ3n) is 7.91. The van der Waals surface area contributed by atoms with Gasteiger partial charge >= 0.3 is 0 Å². The van der Waals surface area contributed by atoms with E-state index < -0.39 is 58.9 Å². The van der Waals surface area contributed by atoms with Crippen molar-refractivity contribution in [2.75, 3.05) is 33.2 Å². The van der Waals surface area contributed by atoms with E-state index in [9.17, 15) is 17.9 Å². The molecule has 0 N–H and O–H groups in total. The second-order valence-electron chi connectivity index (χ2n) is 9.60. The van der Waals surface area contributed by atoms with Gasteiger partial charge in [0.2, 0.25) is 11.7 Å². The van der Waals surface area contributed by atoms with Crippen LogP contribution in [0.4, 0.5) is 12.7 Å². The van der Waals surface area contributed by atoms with Crippen molar-refractivity contribution in [3.05, 3.63) is 11.5 Å². The molecule has 0 bridgehead atoms. The minimum Gasteiger partial charge on any atom is -0.479 e. The van der Waals surface area contributed by atoms with Crippen molar-refractivity contribution < 1.29 is 27.0 Å². The van der Waals surface area contributed by atoms with Crippen molar-refractivity contribution in [2.45, 2.75) is 50.0 Å². The van der Waals surface area contributed by atoms with Crippen molar-refractivity contribution in [3.63, 3.8) is 0 Å². The molecule has 0 aromatic rings. The molecule has 1 saturated carbocycles. The Balaban J connectivity index is 1.43. The number of allylic oxidation sites excluding steroid dienone is 2. The third kappa shape index (κ3) is 2.89. The molecule has 2 saturated heterocycles. The monoisotopic (exact) mass is 470 g/mol. The zero-order chi connectivity index (χ0) is 22.3. The molecule has 0 spiro atoms. The number of likely N-dealkylation sites (N-methyl/N-ethyl adjacent to an activating group) is 1. The van der Waals surface area contributed by atoms with Crippen molar-refractivity contribution in [2.24, 2.45) is 16.2 Å². The van der Waals surface area contributed by atoms with Crippen molar-refractivity contribution >= 4 is 33.6 Å². The van der Waals surface area contributed by atoms with Crippen LogP contribution in [0.2, 0.25) is 0 Å². The summed E-state index contributed by atoms with van der Waals surface area (Å²) in [6, 6.07) is -0.952. The number of fused-ring (bicyclic) bond motifs is 3. The zero-order valence-electron chi connectivity index (χ0n) is 17.7. The van der Waals surface area contributed by atoms with Crippen LogP contribution in [-0.2, 0) is 14.3 Å². The number of ether oxygens (including phenoxy) is 1. The van der Waals surface area contributed by atoms with Crippen LogP contribution in [0.5, 0.6) is 0 Å². The largest absolute Gasteiger partial charge is 0.479 e. The van der Waals surface area contributed by atoms with Gasteiger partial charge in [0, 0.05) is 38.6 Å². The predicted octanol–water partition coefficient (Wildman–Crippen LogP) is 1.77. The molecule has 7 unspecified atom stereocenters. The molecule has 11 heteroatoms. The molecule has 3 fully saturated rings. The van der Waals surface area contributed by atoms with Crippen molar-refractivity contribution in [3.8, 4) is 0 Å². The van der Waals surface area contributed by atoms with Crippen molar-refractivity contribution in [1.29, 1.82) is 0 Å². The number of carbonyl (C=O) groups excluding carboxylic acids is 2. The fraction of sp³-hybridized carbons (Fsp3) is 0.714. The third-order valence-corrected chi connectivity index (χ3v) is 9.07. The first-order valence-corrected chi connectivity index (χ1v) is 12.3. The first kappa shape index (κ1) is 20.9. The van der Waals surface area contributed by atoms with E-state index in [-0.39, 0.29) is 29.5 Å². The van der Waals surface area contributed by atoms with Crippen LogP contribution in [0.15, 0.2) is 15.9 Å². The lowest BCUT2D eigenvalue weighted by Gasteiger charge is -2.58. The van der Waals surface area contributed by atoms with E-state index in [0.29, 0.717) is 31.6 Å². The Kier molecular flexibility index (Phi) is 4.82. The number of ketones is 2. The number of hydrogen-bond donors (Lipinski definition) is 0. The van der Waals surface area contributed by atoms with Gasteiger partial charge in [-0.05, 0) is 32.2 Å². The molecule has 6 aliphatic rings. The zero-order valence-corrected chi connectivity index (χ0v) is 18.5. The molecule has 2 aliphatic carbocycles. The van der Waals surface area contributed by atoms with E-state index in [1.165, 1.54) is 0 Å². The normalized spacial score (nSPS) is 42.4. The predicted molar refractivity (Wildman–Crippen MR) is 113 cm³/mol. The first-order valence-electron chi connectivity index (χ1n) is 11.2. The van der Waals surface area contributed by atoms with E-state index in [4.69, 9.17) is 4.74 Å². The molecule has 7 atom stereocenters. The van der Waals surface area contributed by atoms with E-state index in [2.05, 4.69) is 14.2 Å². The Hall–Kier alpha value is -1.72. The number of piperazine rings is 1. The number of rotatable bonds is 1. The molecular weight excluding hydrogens is 445 g/mol. The van der Waals surface area contributed by atoms with Crippen molar-refractivity contribution in [1.82, 2.24) is 14.7 Å². The molecule has 0 amide bonds. The fourth-order valence-electron chi connectivity index (χ4n) is 6.31. The molecule has 4 heterocycles. The minimum absolute atomic E-state index is 0.0100. The lowest BCUT2D eigenvalue weighted by Crippen LogP contribution is -2.69. The van der Waals surface area contributed by atoms with Gasteiger partial charge in [-0.25, -0.2) is 4.39 Å². The van der Waals surface area contributed by atoms with Gasteiger partial charge in [-0.3, -0.25) is 14.5 Å². The highest BCUT2D eigenvalue weighted by Crippen LogP contribution is 2.52. The summed E-state index contributed by atoms with van der Waals surface area (Å²) in [5.74, 6) is -3.23. The molecule has 174 valence electrons. The SMILES string of the molecule is CN1CCN(C2CC3CC4C(F)=NS(F)=C4N4C5=C(OC(C2F)C34)C(=O)C(=O)CC5)CC1. The quantitative estimate of drug-likeness (QED) is 0.430. The Bertz CT molecular complexity index is 993. The molecule has 6 rings (SSSR count). The number of hydrogen-bond acceptors (Lipinski definition) is 7. The van der Waals surface area contributed by atoms with Gasteiger partial charge in [-0.15, -0.1) is 3.89 Å². The second kappa shape index (κ2) is 7.39. The summed E-state index contributed by atoms with van der Waals surface area (Å²) in [5, 5.41) is 0. The summed E-state index contributed by atoms with van der Waals surface area (Å²) in [4.78, 5) is 30.9. The number of nitrogens with zero attached hydrogens (tertiary/aromatic N) is 4. The molecule has 32 heavy (non-hydrogen) atoms. The van der Waals surface area contributed by atoms with Crippen LogP contribution in [0, 0.1) is 11.8 Å². The number of halogens is 3. The van der Waals surface area contributed by atoms with E-state index >= 15 is 4.39 Å². The average molecular weight is 471 g/mol. The summed E-state index contributed by atoms with van der Waals surface area (Å²) in [6.45, 7) is 3.07. The molecule has 4 aliphatic heterocycles. The topological polar surface area (TPSA) is 65.4 Å².